The SMILES string of the molecule is COc1cc2cc(C(c3nnnn3C3CCCCC3)N3CCN4CCCC4C3)c(=O)[nH]c2cc1OC. The predicted octanol–water partition coefficient (Wildman–Crippen LogP) is 2.91. The maximum atomic E-state index is 13.6. The molecule has 10 nitrogen and oxygen atoms in total. The molecule has 0 radical (unpaired) electrons. The summed E-state index contributed by atoms with van der Waals surface area (Å²) >= 11 is 0. The Labute approximate surface area is 210 Å². The Balaban J connectivity index is 1.47. The molecule has 6 rings (SSSR count). The van der Waals surface area contributed by atoms with E-state index < -0.39 is 0 Å². The molecule has 4 heterocycles. The fraction of sp³-hybridized carbons (Fsp3) is 0.615. The number of fused-ring (bicyclic) bond motifs is 2. The first-order chi connectivity index (χ1) is 17.7. The zero-order valence-corrected chi connectivity index (χ0v) is 21.2. The third kappa shape index (κ3) is 4.16. The van der Waals surface area contributed by atoms with Crippen LogP contribution in [0.3, 0.4) is 0 Å². The second-order valence-corrected chi connectivity index (χ2v) is 10.4. The summed E-state index contributed by atoms with van der Waals surface area (Å²) in [5, 5.41) is 14.0. The molecule has 2 aliphatic heterocycles. The van der Waals surface area contributed by atoms with Crippen LogP contribution in [0.2, 0.25) is 0 Å². The molecule has 192 valence electrons. The molecular formula is C26H35N7O3. The van der Waals surface area contributed by atoms with E-state index in [2.05, 4.69) is 30.3 Å². The molecular weight excluding hydrogens is 458 g/mol. The quantitative estimate of drug-likeness (QED) is 0.559. The highest BCUT2D eigenvalue weighted by Gasteiger charge is 2.38. The average molecular weight is 494 g/mol. The lowest BCUT2D eigenvalue weighted by molar-refractivity contribution is 0.0778. The largest absolute Gasteiger partial charge is 0.493 e. The first-order valence-corrected chi connectivity index (χ1v) is 13.2. The van der Waals surface area contributed by atoms with E-state index in [-0.39, 0.29) is 17.6 Å². The van der Waals surface area contributed by atoms with Crippen molar-refractivity contribution in [2.24, 2.45) is 0 Å². The van der Waals surface area contributed by atoms with Crippen LogP contribution in [0.5, 0.6) is 11.5 Å². The molecule has 0 spiro atoms. The van der Waals surface area contributed by atoms with E-state index in [0.717, 1.165) is 43.7 Å². The number of pyridine rings is 1. The molecule has 36 heavy (non-hydrogen) atoms. The molecule has 1 saturated carbocycles. The van der Waals surface area contributed by atoms with Crippen LogP contribution < -0.4 is 15.0 Å². The minimum atomic E-state index is -0.314. The number of nitrogens with zero attached hydrogens (tertiary/aromatic N) is 6. The van der Waals surface area contributed by atoms with Crippen LogP contribution in [0, 0.1) is 0 Å². The number of methoxy groups -OCH3 is 2. The van der Waals surface area contributed by atoms with Gasteiger partial charge >= 0.3 is 0 Å². The van der Waals surface area contributed by atoms with Crippen LogP contribution in [-0.4, -0.2) is 81.4 Å². The Hall–Kier alpha value is -2.98. The van der Waals surface area contributed by atoms with Gasteiger partial charge in [0.2, 0.25) is 0 Å². The number of aromatic amines is 1. The molecule has 1 aromatic carbocycles. The van der Waals surface area contributed by atoms with Gasteiger partial charge in [-0.15, -0.1) is 5.10 Å². The number of tetrazole rings is 1. The number of H-pyrrole nitrogens is 1. The summed E-state index contributed by atoms with van der Waals surface area (Å²) in [6.07, 6.45) is 8.22. The van der Waals surface area contributed by atoms with Crippen molar-refractivity contribution < 1.29 is 9.47 Å². The molecule has 1 N–H and O–H groups in total. The molecule has 0 amide bonds. The molecule has 1 aliphatic carbocycles. The van der Waals surface area contributed by atoms with E-state index in [1.165, 1.54) is 38.6 Å². The van der Waals surface area contributed by atoms with Gasteiger partial charge in [0.15, 0.2) is 17.3 Å². The third-order valence-corrected chi connectivity index (χ3v) is 8.34. The Kier molecular flexibility index (Phi) is 6.39. The molecule has 10 heteroatoms. The van der Waals surface area contributed by atoms with Crippen molar-refractivity contribution >= 4 is 10.9 Å². The van der Waals surface area contributed by atoms with Crippen molar-refractivity contribution in [1.29, 1.82) is 0 Å². The van der Waals surface area contributed by atoms with E-state index >= 15 is 0 Å². The molecule has 3 aromatic rings. The first kappa shape index (κ1) is 23.4. The van der Waals surface area contributed by atoms with Gasteiger partial charge in [-0.1, -0.05) is 19.3 Å². The Morgan fingerprint density at radius 2 is 1.72 bits per heavy atom. The van der Waals surface area contributed by atoms with Gasteiger partial charge in [0, 0.05) is 42.7 Å². The standard InChI is InChI=1S/C26H35N7O3/c1-35-22-14-17-13-20(26(34)27-21(17)15-23(22)36-2)24(32-12-11-31-10-6-9-19(31)16-32)25-28-29-30-33(25)18-7-4-3-5-8-18/h13-15,18-19,24H,3-12,16H2,1-2H3,(H,27,34). The number of benzene rings is 1. The van der Waals surface area contributed by atoms with E-state index in [9.17, 15) is 4.79 Å². The second-order valence-electron chi connectivity index (χ2n) is 10.4. The maximum Gasteiger partial charge on any atom is 0.253 e. The highest BCUT2D eigenvalue weighted by Crippen LogP contribution is 2.36. The lowest BCUT2D eigenvalue weighted by Gasteiger charge is -2.41. The molecule has 2 aromatic heterocycles. The van der Waals surface area contributed by atoms with Gasteiger partial charge in [0.25, 0.3) is 5.56 Å². The summed E-state index contributed by atoms with van der Waals surface area (Å²) in [6.45, 7) is 3.96. The lowest BCUT2D eigenvalue weighted by atomic mass is 9.94. The zero-order valence-electron chi connectivity index (χ0n) is 21.2. The van der Waals surface area contributed by atoms with Gasteiger partial charge in [0.1, 0.15) is 6.04 Å². The first-order valence-electron chi connectivity index (χ1n) is 13.2. The van der Waals surface area contributed by atoms with Gasteiger partial charge in [0.05, 0.1) is 25.8 Å². The lowest BCUT2D eigenvalue weighted by Crippen LogP contribution is -2.52. The van der Waals surface area contributed by atoms with Crippen LogP contribution in [0.4, 0.5) is 0 Å². The van der Waals surface area contributed by atoms with E-state index in [0.29, 0.717) is 28.6 Å². The van der Waals surface area contributed by atoms with Crippen LogP contribution in [-0.2, 0) is 0 Å². The van der Waals surface area contributed by atoms with E-state index in [1.807, 2.05) is 22.9 Å². The van der Waals surface area contributed by atoms with Gasteiger partial charge in [-0.2, -0.15) is 0 Å². The molecule has 2 atom stereocenters. The highest BCUT2D eigenvalue weighted by atomic mass is 16.5. The minimum absolute atomic E-state index is 0.119. The molecule has 3 aliphatic rings. The molecule has 2 saturated heterocycles. The van der Waals surface area contributed by atoms with Gasteiger partial charge < -0.3 is 14.5 Å². The maximum absolute atomic E-state index is 13.6. The summed E-state index contributed by atoms with van der Waals surface area (Å²) in [5.74, 6) is 1.99. The zero-order chi connectivity index (χ0) is 24.6. The van der Waals surface area contributed by atoms with Crippen LogP contribution in [0.15, 0.2) is 23.0 Å². The Morgan fingerprint density at radius 1 is 0.944 bits per heavy atom. The molecule has 3 fully saturated rings. The second kappa shape index (κ2) is 9.82. The van der Waals surface area contributed by atoms with Crippen molar-refractivity contribution in [1.82, 2.24) is 35.0 Å². The summed E-state index contributed by atoms with van der Waals surface area (Å²) in [4.78, 5) is 21.8. The van der Waals surface area contributed by atoms with Gasteiger partial charge in [-0.3, -0.25) is 14.6 Å². The number of nitrogens with one attached hydrogen (secondary N) is 1. The average Bonchev–Trinajstić information content (AvgIpc) is 3.58. The van der Waals surface area contributed by atoms with Crippen molar-refractivity contribution in [3.8, 4) is 11.5 Å². The van der Waals surface area contributed by atoms with Crippen LogP contribution in [0.1, 0.15) is 68.4 Å². The summed E-state index contributed by atoms with van der Waals surface area (Å²) in [7, 11) is 3.22. The predicted molar refractivity (Wildman–Crippen MR) is 136 cm³/mol. The van der Waals surface area contributed by atoms with E-state index in [1.54, 1.807) is 14.2 Å². The summed E-state index contributed by atoms with van der Waals surface area (Å²) < 4.78 is 13.0. The number of rotatable bonds is 6. The molecule has 2 unspecified atom stereocenters. The highest BCUT2D eigenvalue weighted by molar-refractivity contribution is 5.83. The fourth-order valence-electron chi connectivity index (χ4n) is 6.47. The van der Waals surface area contributed by atoms with Crippen molar-refractivity contribution in [3.05, 3.63) is 39.9 Å². The van der Waals surface area contributed by atoms with Crippen molar-refractivity contribution in [2.45, 2.75) is 63.1 Å². The minimum Gasteiger partial charge on any atom is -0.493 e. The molecule has 0 bridgehead atoms. The van der Waals surface area contributed by atoms with Crippen LogP contribution >= 0.6 is 0 Å². The number of hydrogen-bond acceptors (Lipinski definition) is 8. The van der Waals surface area contributed by atoms with Gasteiger partial charge in [-0.05, 0) is 54.8 Å². The van der Waals surface area contributed by atoms with Crippen molar-refractivity contribution in [3.63, 3.8) is 0 Å². The number of ether oxygens (including phenoxy) is 2. The smallest absolute Gasteiger partial charge is 0.253 e. The van der Waals surface area contributed by atoms with Crippen LogP contribution in [0.25, 0.3) is 10.9 Å². The van der Waals surface area contributed by atoms with Crippen molar-refractivity contribution in [2.75, 3.05) is 40.4 Å². The Bertz CT molecular complexity index is 1280. The fourth-order valence-corrected chi connectivity index (χ4v) is 6.47. The number of hydrogen-bond donors (Lipinski definition) is 1. The topological polar surface area (TPSA) is 101 Å². The summed E-state index contributed by atoms with van der Waals surface area (Å²) in [5.41, 5.74) is 1.27. The number of aromatic nitrogens is 5. The normalized spacial score (nSPS) is 22.6. The third-order valence-electron chi connectivity index (χ3n) is 8.34. The van der Waals surface area contributed by atoms with Gasteiger partial charge in [-0.25, -0.2) is 4.68 Å². The monoisotopic (exact) mass is 493 g/mol. The number of piperazine rings is 1. The Morgan fingerprint density at radius 3 is 2.53 bits per heavy atom. The van der Waals surface area contributed by atoms with E-state index in [4.69, 9.17) is 9.47 Å². The summed E-state index contributed by atoms with van der Waals surface area (Å²) in [6, 6.07) is 6.21.